The van der Waals surface area contributed by atoms with Gasteiger partial charge in [-0.25, -0.2) is 0 Å². The molecule has 18 heavy (non-hydrogen) atoms. The first-order chi connectivity index (χ1) is 8.18. The fraction of sp³-hybridized carbons (Fsp3) is 0.583. The Morgan fingerprint density at radius 1 is 1.50 bits per heavy atom. The minimum Gasteiger partial charge on any atom is -0.351 e. The molecule has 1 aromatic rings. The lowest BCUT2D eigenvalue weighted by Crippen LogP contribution is -2.43. The van der Waals surface area contributed by atoms with Crippen LogP contribution in [0.3, 0.4) is 0 Å². The van der Waals surface area contributed by atoms with E-state index in [2.05, 4.69) is 21.2 Å². The van der Waals surface area contributed by atoms with Crippen molar-refractivity contribution in [2.24, 2.45) is 11.1 Å². The van der Waals surface area contributed by atoms with E-state index in [1.807, 2.05) is 11.4 Å². The van der Waals surface area contributed by atoms with Gasteiger partial charge in [0.25, 0.3) is 0 Å². The molecule has 3 N–H and O–H groups in total. The summed E-state index contributed by atoms with van der Waals surface area (Å²) in [5.41, 5.74) is 5.48. The molecule has 1 aromatic heterocycles. The fourth-order valence-electron chi connectivity index (χ4n) is 2.37. The van der Waals surface area contributed by atoms with Gasteiger partial charge in [0.2, 0.25) is 5.91 Å². The van der Waals surface area contributed by atoms with Crippen molar-refractivity contribution in [3.63, 3.8) is 0 Å². The van der Waals surface area contributed by atoms with E-state index in [1.54, 1.807) is 11.3 Å². The smallest absolute Gasteiger partial charge is 0.227 e. The highest BCUT2D eigenvalue weighted by Crippen LogP contribution is 2.37. The van der Waals surface area contributed by atoms with Gasteiger partial charge in [-0.3, -0.25) is 4.79 Å². The first kappa shape index (κ1) is 16.0. The Morgan fingerprint density at radius 3 is 2.67 bits per heavy atom. The van der Waals surface area contributed by atoms with Crippen LogP contribution in [0.1, 0.15) is 30.6 Å². The monoisotopic (exact) mass is 352 g/mol. The van der Waals surface area contributed by atoms with Crippen molar-refractivity contribution in [3.05, 3.63) is 20.8 Å². The van der Waals surface area contributed by atoms with E-state index in [4.69, 9.17) is 5.73 Å². The molecule has 0 aliphatic heterocycles. The number of carbonyl (C=O) groups is 1. The van der Waals surface area contributed by atoms with Crippen molar-refractivity contribution in [3.8, 4) is 0 Å². The van der Waals surface area contributed by atoms with E-state index in [9.17, 15) is 4.79 Å². The molecule has 0 spiro atoms. The van der Waals surface area contributed by atoms with Crippen molar-refractivity contribution in [2.75, 3.05) is 6.54 Å². The average molecular weight is 354 g/mol. The second-order valence-corrected chi connectivity index (χ2v) is 6.42. The van der Waals surface area contributed by atoms with Crippen LogP contribution in [-0.4, -0.2) is 12.5 Å². The Bertz CT molecular complexity index is 405. The maximum absolute atomic E-state index is 12.2. The molecule has 0 aromatic carbocycles. The molecule has 1 aliphatic rings. The molecule has 0 atom stereocenters. The molecule has 1 saturated carbocycles. The van der Waals surface area contributed by atoms with E-state index in [0.717, 1.165) is 35.0 Å². The Hall–Kier alpha value is -0.100. The molecule has 3 nitrogen and oxygen atoms in total. The predicted octanol–water partition coefficient (Wildman–Crippen LogP) is 3.07. The highest BCUT2D eigenvalue weighted by molar-refractivity contribution is 9.10. The lowest BCUT2D eigenvalue weighted by molar-refractivity contribution is -0.130. The normalized spacial score (nSPS) is 17.2. The Labute approximate surface area is 126 Å². The van der Waals surface area contributed by atoms with Crippen LogP contribution in [0, 0.1) is 5.41 Å². The van der Waals surface area contributed by atoms with Gasteiger partial charge in [0.15, 0.2) is 0 Å². The van der Waals surface area contributed by atoms with Gasteiger partial charge in [-0.2, -0.15) is 0 Å². The van der Waals surface area contributed by atoms with Gasteiger partial charge in [-0.05, 0) is 40.2 Å². The summed E-state index contributed by atoms with van der Waals surface area (Å²) in [7, 11) is 0. The minimum absolute atomic E-state index is 0. The lowest BCUT2D eigenvalue weighted by Gasteiger charge is -2.25. The van der Waals surface area contributed by atoms with Crippen molar-refractivity contribution in [1.82, 2.24) is 5.32 Å². The van der Waals surface area contributed by atoms with E-state index < -0.39 is 0 Å². The summed E-state index contributed by atoms with van der Waals surface area (Å²) in [5, 5.41) is 5.03. The molecule has 0 radical (unpaired) electrons. The Balaban J connectivity index is 0.00000162. The van der Waals surface area contributed by atoms with Crippen molar-refractivity contribution in [1.29, 1.82) is 0 Å². The molecule has 1 aliphatic carbocycles. The predicted molar refractivity (Wildman–Crippen MR) is 81.1 cm³/mol. The van der Waals surface area contributed by atoms with Crippen LogP contribution in [-0.2, 0) is 11.3 Å². The minimum atomic E-state index is -0.302. The quantitative estimate of drug-likeness (QED) is 0.874. The third-order valence-corrected chi connectivity index (χ3v) is 5.46. The number of rotatable bonds is 4. The maximum Gasteiger partial charge on any atom is 0.227 e. The molecule has 0 saturated heterocycles. The first-order valence-electron chi connectivity index (χ1n) is 5.88. The van der Waals surface area contributed by atoms with Gasteiger partial charge in [0.05, 0.1) is 12.0 Å². The number of hydrogen-bond acceptors (Lipinski definition) is 3. The fourth-order valence-corrected chi connectivity index (χ4v) is 3.81. The van der Waals surface area contributed by atoms with Crippen molar-refractivity contribution in [2.45, 2.75) is 32.2 Å². The SMILES string of the molecule is Cl.NCC1(C(=O)NCc2sccc2Br)CCCC1. The summed E-state index contributed by atoms with van der Waals surface area (Å²) < 4.78 is 1.07. The third-order valence-electron chi connectivity index (χ3n) is 3.53. The topological polar surface area (TPSA) is 55.1 Å². The number of amides is 1. The molecular weight excluding hydrogens is 336 g/mol. The zero-order valence-electron chi connectivity index (χ0n) is 10.1. The molecule has 102 valence electrons. The van der Waals surface area contributed by atoms with E-state index >= 15 is 0 Å². The van der Waals surface area contributed by atoms with Gasteiger partial charge in [-0.15, -0.1) is 23.7 Å². The molecule has 1 fully saturated rings. The highest BCUT2D eigenvalue weighted by atomic mass is 79.9. The van der Waals surface area contributed by atoms with Gasteiger partial charge >= 0.3 is 0 Å². The van der Waals surface area contributed by atoms with Gasteiger partial charge in [0.1, 0.15) is 0 Å². The second kappa shape index (κ2) is 6.89. The summed E-state index contributed by atoms with van der Waals surface area (Å²) in [6.45, 7) is 1.06. The number of hydrogen-bond donors (Lipinski definition) is 2. The summed E-state index contributed by atoms with van der Waals surface area (Å²) in [4.78, 5) is 13.4. The standard InChI is InChI=1S/C12H17BrN2OS.ClH/c13-9-3-6-17-10(9)7-15-11(16)12(8-14)4-1-2-5-12;/h3,6H,1-2,4-5,7-8,14H2,(H,15,16);1H. The third kappa shape index (κ3) is 3.26. The maximum atomic E-state index is 12.2. The van der Waals surface area contributed by atoms with Gasteiger partial charge in [0, 0.05) is 15.9 Å². The largest absolute Gasteiger partial charge is 0.351 e. The lowest BCUT2D eigenvalue weighted by atomic mass is 9.85. The van der Waals surface area contributed by atoms with Crippen LogP contribution in [0.5, 0.6) is 0 Å². The molecule has 0 bridgehead atoms. The van der Waals surface area contributed by atoms with Crippen LogP contribution in [0.2, 0.25) is 0 Å². The Morgan fingerprint density at radius 2 is 2.17 bits per heavy atom. The molecular formula is C12H18BrClN2OS. The number of carbonyl (C=O) groups excluding carboxylic acids is 1. The molecule has 6 heteroatoms. The molecule has 0 unspecified atom stereocenters. The Kier molecular flexibility index (Phi) is 6.11. The highest BCUT2D eigenvalue weighted by Gasteiger charge is 2.39. The van der Waals surface area contributed by atoms with Gasteiger partial charge < -0.3 is 11.1 Å². The van der Waals surface area contributed by atoms with E-state index in [-0.39, 0.29) is 23.7 Å². The molecule has 1 heterocycles. The van der Waals surface area contributed by atoms with E-state index in [0.29, 0.717) is 13.1 Å². The van der Waals surface area contributed by atoms with Crippen molar-refractivity contribution < 1.29 is 4.79 Å². The number of halogens is 2. The van der Waals surface area contributed by atoms with Crippen LogP contribution in [0.15, 0.2) is 15.9 Å². The second-order valence-electron chi connectivity index (χ2n) is 4.57. The van der Waals surface area contributed by atoms with Crippen LogP contribution < -0.4 is 11.1 Å². The summed E-state index contributed by atoms with van der Waals surface area (Å²) in [5.74, 6) is 0.123. The number of thiophene rings is 1. The van der Waals surface area contributed by atoms with E-state index in [1.165, 1.54) is 0 Å². The van der Waals surface area contributed by atoms with Crippen LogP contribution in [0.4, 0.5) is 0 Å². The van der Waals surface area contributed by atoms with Crippen LogP contribution >= 0.6 is 39.7 Å². The molecule has 1 amide bonds. The zero-order chi connectivity index (χ0) is 12.3. The van der Waals surface area contributed by atoms with Crippen LogP contribution in [0.25, 0.3) is 0 Å². The van der Waals surface area contributed by atoms with Gasteiger partial charge in [-0.1, -0.05) is 12.8 Å². The summed E-state index contributed by atoms with van der Waals surface area (Å²) in [6.07, 6.45) is 4.10. The zero-order valence-corrected chi connectivity index (χ0v) is 13.3. The molecule has 2 rings (SSSR count). The van der Waals surface area contributed by atoms with Crippen molar-refractivity contribution >= 4 is 45.6 Å². The average Bonchev–Trinajstić information content (AvgIpc) is 2.95. The summed E-state index contributed by atoms with van der Waals surface area (Å²) in [6, 6.07) is 2.00. The first-order valence-corrected chi connectivity index (χ1v) is 7.55. The number of nitrogens with one attached hydrogen (secondary N) is 1. The number of nitrogens with two attached hydrogens (primary N) is 1. The summed E-state index contributed by atoms with van der Waals surface area (Å²) >= 11 is 5.11.